The van der Waals surface area contributed by atoms with Crippen LogP contribution in [0.3, 0.4) is 0 Å². The van der Waals surface area contributed by atoms with Gasteiger partial charge in [0.2, 0.25) is 0 Å². The number of alkyl halides is 6. The minimum absolute atomic E-state index is 0.0169. The Balaban J connectivity index is 1.47. The molecule has 0 fully saturated rings. The molecule has 0 aliphatic carbocycles. The van der Waals surface area contributed by atoms with E-state index in [1.807, 2.05) is 0 Å². The van der Waals surface area contributed by atoms with E-state index >= 15 is 0 Å². The lowest BCUT2D eigenvalue weighted by Crippen LogP contribution is -2.33. The van der Waals surface area contributed by atoms with Gasteiger partial charge in [0.25, 0.3) is 0 Å². The molecule has 2 aromatic heterocycles. The van der Waals surface area contributed by atoms with Gasteiger partial charge in [-0.3, -0.25) is 0 Å². The minimum Gasteiger partial charge on any atom is -0.464 e. The van der Waals surface area contributed by atoms with Crippen molar-refractivity contribution in [2.24, 2.45) is 0 Å². The number of fused-ring (bicyclic) bond motifs is 1. The number of hydrogen-bond acceptors (Lipinski definition) is 6. The third-order valence-electron chi connectivity index (χ3n) is 6.60. The van der Waals surface area contributed by atoms with Crippen LogP contribution in [-0.4, -0.2) is 37.6 Å². The lowest BCUT2D eigenvalue weighted by Gasteiger charge is -2.30. The molecule has 43 heavy (non-hydrogen) atoms. The first-order valence-electron chi connectivity index (χ1n) is 12.9. The second kappa shape index (κ2) is 11.5. The average molecular weight is 606 g/mol. The molecular weight excluding hydrogens is 583 g/mol. The molecule has 1 aliphatic rings. The van der Waals surface area contributed by atoms with Crippen LogP contribution in [0.2, 0.25) is 0 Å². The number of ether oxygens (including phenoxy) is 1. The van der Waals surface area contributed by atoms with Crippen molar-refractivity contribution < 1.29 is 40.3 Å². The second-order valence-corrected chi connectivity index (χ2v) is 9.58. The predicted octanol–water partition coefficient (Wildman–Crippen LogP) is 7.19. The van der Waals surface area contributed by atoms with Gasteiger partial charge in [0.1, 0.15) is 11.6 Å². The van der Waals surface area contributed by atoms with Gasteiger partial charge in [-0.25, -0.2) is 14.2 Å². The SMILES string of the molecule is CCCOC(=O)C(c1ccc(-c2ccc(C(F)(F)F)cc2C(F)(F)F)nn1)N1C=Cc2[nH]c(-c3ccccc3F)nc2C1. The fourth-order valence-corrected chi connectivity index (χ4v) is 4.55. The van der Waals surface area contributed by atoms with Crippen molar-refractivity contribution in [2.75, 3.05) is 6.61 Å². The van der Waals surface area contributed by atoms with E-state index in [1.165, 1.54) is 17.0 Å². The van der Waals surface area contributed by atoms with Gasteiger partial charge in [-0.1, -0.05) is 25.1 Å². The van der Waals surface area contributed by atoms with Crippen molar-refractivity contribution in [1.29, 1.82) is 0 Å². The molecule has 0 spiro atoms. The Kier molecular flexibility index (Phi) is 7.95. The van der Waals surface area contributed by atoms with E-state index in [2.05, 4.69) is 20.2 Å². The van der Waals surface area contributed by atoms with E-state index in [1.54, 1.807) is 37.4 Å². The van der Waals surface area contributed by atoms with Crippen LogP contribution in [0.1, 0.15) is 47.6 Å². The Morgan fingerprint density at radius 3 is 2.42 bits per heavy atom. The first-order valence-corrected chi connectivity index (χ1v) is 12.9. The van der Waals surface area contributed by atoms with Crippen molar-refractivity contribution in [2.45, 2.75) is 38.3 Å². The molecule has 1 N–H and O–H groups in total. The number of carbonyl (C=O) groups is 1. The van der Waals surface area contributed by atoms with Crippen molar-refractivity contribution in [3.05, 3.63) is 94.8 Å². The molecule has 5 rings (SSSR count). The Bertz CT molecular complexity index is 1660. The van der Waals surface area contributed by atoms with Crippen LogP contribution >= 0.6 is 0 Å². The fraction of sp³-hybridized carbons (Fsp3) is 0.241. The Hall–Kier alpha value is -4.75. The quantitative estimate of drug-likeness (QED) is 0.177. The predicted molar refractivity (Wildman–Crippen MR) is 140 cm³/mol. The summed E-state index contributed by atoms with van der Waals surface area (Å²) in [5.74, 6) is -0.916. The number of aromatic nitrogens is 4. The maximum Gasteiger partial charge on any atom is 0.417 e. The van der Waals surface area contributed by atoms with Crippen LogP contribution in [0.15, 0.2) is 60.8 Å². The highest BCUT2D eigenvalue weighted by Gasteiger charge is 2.39. The summed E-state index contributed by atoms with van der Waals surface area (Å²) in [5, 5.41) is 7.82. The number of aromatic amines is 1. The molecule has 1 aliphatic heterocycles. The van der Waals surface area contributed by atoms with Crippen LogP contribution in [-0.2, 0) is 28.4 Å². The zero-order valence-electron chi connectivity index (χ0n) is 22.3. The number of imidazole rings is 1. The van der Waals surface area contributed by atoms with E-state index in [0.29, 0.717) is 29.9 Å². The van der Waals surface area contributed by atoms with E-state index in [0.717, 1.165) is 6.07 Å². The molecule has 7 nitrogen and oxygen atoms in total. The van der Waals surface area contributed by atoms with Gasteiger partial charge in [-0.15, -0.1) is 0 Å². The van der Waals surface area contributed by atoms with E-state index in [-0.39, 0.29) is 42.0 Å². The van der Waals surface area contributed by atoms with Gasteiger partial charge >= 0.3 is 18.3 Å². The highest BCUT2D eigenvalue weighted by Crippen LogP contribution is 2.40. The van der Waals surface area contributed by atoms with Gasteiger partial charge in [0.05, 0.1) is 52.6 Å². The number of nitrogens with one attached hydrogen (secondary N) is 1. The summed E-state index contributed by atoms with van der Waals surface area (Å²) >= 11 is 0. The maximum absolute atomic E-state index is 14.3. The first kappa shape index (κ1) is 29.7. The molecule has 0 saturated heterocycles. The van der Waals surface area contributed by atoms with Crippen LogP contribution < -0.4 is 0 Å². The number of esters is 1. The molecule has 4 aromatic rings. The van der Waals surface area contributed by atoms with Crippen LogP contribution in [0.4, 0.5) is 30.7 Å². The highest BCUT2D eigenvalue weighted by atomic mass is 19.4. The van der Waals surface area contributed by atoms with Gasteiger partial charge in [0, 0.05) is 11.8 Å². The molecular formula is C29H22F7N5O2. The molecule has 1 atom stereocenters. The fourth-order valence-electron chi connectivity index (χ4n) is 4.55. The third kappa shape index (κ3) is 6.22. The Labute approximate surface area is 240 Å². The van der Waals surface area contributed by atoms with Crippen molar-refractivity contribution in [3.63, 3.8) is 0 Å². The molecule has 224 valence electrons. The standard InChI is InChI=1S/C29H22F7N5O2/c1-2-13-43-27(42)25(41-12-11-22-24(15-41)38-26(37-22)18-5-3-4-6-20(18)30)23-10-9-21(39-40-23)17-8-7-16(28(31,32)33)14-19(17)29(34,35)36/h3-12,14,25H,2,13,15H2,1H3,(H,37,38). The Morgan fingerprint density at radius 2 is 1.77 bits per heavy atom. The summed E-state index contributed by atoms with van der Waals surface area (Å²) in [4.78, 5) is 22.2. The number of carbonyl (C=O) groups excluding carboxylic acids is 1. The largest absolute Gasteiger partial charge is 0.464 e. The van der Waals surface area contributed by atoms with Gasteiger partial charge < -0.3 is 14.6 Å². The Morgan fingerprint density at radius 1 is 1.00 bits per heavy atom. The van der Waals surface area contributed by atoms with Crippen molar-refractivity contribution in [1.82, 2.24) is 25.1 Å². The molecule has 14 heteroatoms. The normalized spacial score (nSPS) is 14.0. The zero-order chi connectivity index (χ0) is 30.9. The summed E-state index contributed by atoms with van der Waals surface area (Å²) in [6, 6.07) is 8.50. The van der Waals surface area contributed by atoms with E-state index in [9.17, 15) is 35.5 Å². The molecule has 0 saturated carbocycles. The first-order chi connectivity index (χ1) is 20.4. The van der Waals surface area contributed by atoms with E-state index < -0.39 is 46.9 Å². The van der Waals surface area contributed by atoms with Crippen LogP contribution in [0.25, 0.3) is 28.7 Å². The molecule has 0 amide bonds. The summed E-state index contributed by atoms with van der Waals surface area (Å²) in [5.41, 5.74) is -2.61. The summed E-state index contributed by atoms with van der Waals surface area (Å²) in [6.07, 6.45) is -6.38. The summed E-state index contributed by atoms with van der Waals surface area (Å²) in [7, 11) is 0. The number of nitrogens with zero attached hydrogens (tertiary/aromatic N) is 4. The highest BCUT2D eigenvalue weighted by molar-refractivity contribution is 5.78. The molecule has 0 radical (unpaired) electrons. The van der Waals surface area contributed by atoms with Crippen molar-refractivity contribution >= 4 is 12.0 Å². The number of H-pyrrole nitrogens is 1. The van der Waals surface area contributed by atoms with Crippen LogP contribution in [0, 0.1) is 5.82 Å². The molecule has 0 bridgehead atoms. The number of rotatable bonds is 7. The zero-order valence-corrected chi connectivity index (χ0v) is 22.3. The lowest BCUT2D eigenvalue weighted by molar-refractivity contribution is -0.150. The second-order valence-electron chi connectivity index (χ2n) is 9.58. The average Bonchev–Trinajstić information content (AvgIpc) is 3.39. The molecule has 2 aromatic carbocycles. The monoisotopic (exact) mass is 605 g/mol. The smallest absolute Gasteiger partial charge is 0.417 e. The molecule has 3 heterocycles. The summed E-state index contributed by atoms with van der Waals surface area (Å²) < 4.78 is 100. The summed E-state index contributed by atoms with van der Waals surface area (Å²) in [6.45, 7) is 1.94. The number of hydrogen-bond donors (Lipinski definition) is 1. The topological polar surface area (TPSA) is 84.0 Å². The number of benzene rings is 2. The van der Waals surface area contributed by atoms with Crippen molar-refractivity contribution in [3.8, 4) is 22.6 Å². The van der Waals surface area contributed by atoms with Gasteiger partial charge in [-0.05, 0) is 48.9 Å². The van der Waals surface area contributed by atoms with E-state index in [4.69, 9.17) is 4.74 Å². The molecule has 1 unspecified atom stereocenters. The lowest BCUT2D eigenvalue weighted by atomic mass is 10.00. The van der Waals surface area contributed by atoms with Crippen LogP contribution in [0.5, 0.6) is 0 Å². The van der Waals surface area contributed by atoms with Gasteiger partial charge in [0.15, 0.2) is 6.04 Å². The number of halogens is 7. The van der Waals surface area contributed by atoms with Gasteiger partial charge in [-0.2, -0.15) is 36.5 Å². The minimum atomic E-state index is -5.11. The maximum atomic E-state index is 14.3. The third-order valence-corrected chi connectivity index (χ3v) is 6.60.